The van der Waals surface area contributed by atoms with Crippen LogP contribution in [0.3, 0.4) is 0 Å². The minimum absolute atomic E-state index is 0.0950. The van der Waals surface area contributed by atoms with E-state index >= 15 is 0 Å². The number of fused-ring (bicyclic) bond motifs is 3. The van der Waals surface area contributed by atoms with Crippen LogP contribution in [-0.4, -0.2) is 29.7 Å². The van der Waals surface area contributed by atoms with E-state index in [1.165, 1.54) is 12.1 Å². The number of carbonyl (C=O) groups is 1. The van der Waals surface area contributed by atoms with Crippen LogP contribution in [0, 0.1) is 28.5 Å². The first kappa shape index (κ1) is 19.3. The fraction of sp³-hybridized carbons (Fsp3) is 0.250. The van der Waals surface area contributed by atoms with Gasteiger partial charge < -0.3 is 20.9 Å². The molecule has 0 radical (unpaired) electrons. The van der Waals surface area contributed by atoms with Crippen molar-refractivity contribution in [3.05, 3.63) is 52.8 Å². The molecule has 1 amide bonds. The summed E-state index contributed by atoms with van der Waals surface area (Å²) in [7, 11) is 0. The number of halogens is 1. The van der Waals surface area contributed by atoms with Gasteiger partial charge in [-0.05, 0) is 41.0 Å². The smallest absolute Gasteiger partial charge is 0.251 e. The summed E-state index contributed by atoms with van der Waals surface area (Å²) in [6.45, 7) is -0.0397. The monoisotopic (exact) mass is 380 g/mol. The predicted molar refractivity (Wildman–Crippen MR) is 97.2 cm³/mol. The maximum Gasteiger partial charge on any atom is 0.251 e. The zero-order chi connectivity index (χ0) is 20.3. The highest BCUT2D eigenvalue weighted by Gasteiger charge is 2.23. The molecular weight excluding hydrogens is 363 g/mol. The molecule has 0 saturated carbocycles. The Balaban J connectivity index is 1.87. The molecule has 8 heteroatoms. The van der Waals surface area contributed by atoms with E-state index in [-0.39, 0.29) is 25.1 Å². The lowest BCUT2D eigenvalue weighted by molar-refractivity contribution is -0.129. The third-order valence-electron chi connectivity index (χ3n) is 4.48. The normalized spacial score (nSPS) is 13.8. The van der Waals surface area contributed by atoms with Crippen LogP contribution in [0.1, 0.15) is 16.7 Å². The SMILES string of the molecule is N#Cc1ccc2c(c1)COc1cc(CC(C#N)NC(=O)[C@@H](O)CN)c(F)cc1-2. The lowest BCUT2D eigenvalue weighted by atomic mass is 9.93. The molecule has 0 aromatic heterocycles. The van der Waals surface area contributed by atoms with Crippen LogP contribution in [0.5, 0.6) is 5.75 Å². The molecule has 1 aliphatic heterocycles. The first-order chi connectivity index (χ1) is 13.5. The predicted octanol–water partition coefficient (Wildman–Crippen LogP) is 1.13. The van der Waals surface area contributed by atoms with Crippen LogP contribution in [0.25, 0.3) is 11.1 Å². The van der Waals surface area contributed by atoms with Gasteiger partial charge in [-0.3, -0.25) is 4.79 Å². The molecule has 0 saturated heterocycles. The molecule has 4 N–H and O–H groups in total. The van der Waals surface area contributed by atoms with E-state index in [2.05, 4.69) is 11.4 Å². The van der Waals surface area contributed by atoms with Crippen molar-refractivity contribution < 1.29 is 19.0 Å². The van der Waals surface area contributed by atoms with Crippen LogP contribution in [0.15, 0.2) is 30.3 Å². The van der Waals surface area contributed by atoms with Crippen molar-refractivity contribution in [3.8, 4) is 29.0 Å². The highest BCUT2D eigenvalue weighted by atomic mass is 19.1. The van der Waals surface area contributed by atoms with Gasteiger partial charge in [-0.1, -0.05) is 6.07 Å². The quantitative estimate of drug-likeness (QED) is 0.712. The molecule has 2 atom stereocenters. The summed E-state index contributed by atoms with van der Waals surface area (Å²) >= 11 is 0. The number of ether oxygens (including phenoxy) is 1. The molecule has 0 aliphatic carbocycles. The third-order valence-corrected chi connectivity index (χ3v) is 4.48. The Kier molecular flexibility index (Phi) is 5.55. The Labute approximate surface area is 160 Å². The Morgan fingerprint density at radius 2 is 2.11 bits per heavy atom. The number of nitrogens with zero attached hydrogens (tertiary/aromatic N) is 2. The molecule has 1 heterocycles. The highest BCUT2D eigenvalue weighted by molar-refractivity contribution is 5.81. The van der Waals surface area contributed by atoms with E-state index in [0.717, 1.165) is 11.1 Å². The number of hydrogen-bond donors (Lipinski definition) is 3. The minimum atomic E-state index is -1.43. The van der Waals surface area contributed by atoms with Crippen molar-refractivity contribution >= 4 is 5.91 Å². The van der Waals surface area contributed by atoms with E-state index in [9.17, 15) is 19.6 Å². The zero-order valence-corrected chi connectivity index (χ0v) is 14.8. The van der Waals surface area contributed by atoms with Gasteiger partial charge in [0.25, 0.3) is 5.91 Å². The fourth-order valence-corrected chi connectivity index (χ4v) is 3.01. The van der Waals surface area contributed by atoms with Gasteiger partial charge in [-0.15, -0.1) is 0 Å². The summed E-state index contributed by atoms with van der Waals surface area (Å²) in [6.07, 6.45) is -1.52. The first-order valence-corrected chi connectivity index (χ1v) is 8.53. The lowest BCUT2D eigenvalue weighted by Crippen LogP contribution is -2.44. The van der Waals surface area contributed by atoms with Crippen molar-refractivity contribution in [1.82, 2.24) is 5.32 Å². The Bertz CT molecular complexity index is 1010. The van der Waals surface area contributed by atoms with E-state index in [4.69, 9.17) is 15.7 Å². The molecule has 3 rings (SSSR count). The molecule has 0 spiro atoms. The Hall–Kier alpha value is -3.46. The first-order valence-electron chi connectivity index (χ1n) is 8.53. The maximum absolute atomic E-state index is 14.7. The summed E-state index contributed by atoms with van der Waals surface area (Å²) in [5.74, 6) is -0.877. The van der Waals surface area contributed by atoms with E-state index < -0.39 is 23.9 Å². The van der Waals surface area contributed by atoms with Crippen molar-refractivity contribution in [2.24, 2.45) is 5.73 Å². The number of carbonyl (C=O) groups excluding carboxylic acids is 1. The molecule has 2 aromatic rings. The summed E-state index contributed by atoms with van der Waals surface area (Å²) in [6, 6.07) is 10.8. The second-order valence-electron chi connectivity index (χ2n) is 6.36. The van der Waals surface area contributed by atoms with Crippen LogP contribution >= 0.6 is 0 Å². The summed E-state index contributed by atoms with van der Waals surface area (Å²) in [5, 5.41) is 30.0. The van der Waals surface area contributed by atoms with Crippen LogP contribution in [-0.2, 0) is 17.8 Å². The van der Waals surface area contributed by atoms with Crippen LogP contribution in [0.4, 0.5) is 4.39 Å². The number of nitrogens with two attached hydrogens (primary N) is 1. The number of hydrogen-bond acceptors (Lipinski definition) is 6. The topological polar surface area (TPSA) is 132 Å². The van der Waals surface area contributed by atoms with Gasteiger partial charge in [0.05, 0.1) is 17.7 Å². The number of nitriles is 2. The Morgan fingerprint density at radius 3 is 2.79 bits per heavy atom. The van der Waals surface area contributed by atoms with Crippen molar-refractivity contribution in [2.45, 2.75) is 25.2 Å². The number of aliphatic hydroxyl groups is 1. The number of nitrogens with one attached hydrogen (secondary N) is 1. The van der Waals surface area contributed by atoms with Gasteiger partial charge in [-0.2, -0.15) is 10.5 Å². The largest absolute Gasteiger partial charge is 0.488 e. The van der Waals surface area contributed by atoms with Crippen molar-refractivity contribution in [3.63, 3.8) is 0 Å². The van der Waals surface area contributed by atoms with Gasteiger partial charge in [0, 0.05) is 18.5 Å². The number of aliphatic hydroxyl groups excluding tert-OH is 1. The second-order valence-corrected chi connectivity index (χ2v) is 6.36. The molecule has 0 fully saturated rings. The molecule has 7 nitrogen and oxygen atoms in total. The zero-order valence-electron chi connectivity index (χ0n) is 14.8. The van der Waals surface area contributed by atoms with E-state index in [1.807, 2.05) is 6.07 Å². The highest BCUT2D eigenvalue weighted by Crippen LogP contribution is 2.39. The molecule has 28 heavy (non-hydrogen) atoms. The Morgan fingerprint density at radius 1 is 1.32 bits per heavy atom. The maximum atomic E-state index is 14.7. The van der Waals surface area contributed by atoms with Gasteiger partial charge in [-0.25, -0.2) is 4.39 Å². The summed E-state index contributed by atoms with van der Waals surface area (Å²) in [4.78, 5) is 11.7. The van der Waals surface area contributed by atoms with Gasteiger partial charge in [0.2, 0.25) is 0 Å². The fourth-order valence-electron chi connectivity index (χ4n) is 3.01. The lowest BCUT2D eigenvalue weighted by Gasteiger charge is -2.22. The van der Waals surface area contributed by atoms with Crippen LogP contribution < -0.4 is 15.8 Å². The van der Waals surface area contributed by atoms with E-state index in [1.54, 1.807) is 18.2 Å². The van der Waals surface area contributed by atoms with Gasteiger partial charge >= 0.3 is 0 Å². The van der Waals surface area contributed by atoms with Gasteiger partial charge in [0.15, 0.2) is 0 Å². The van der Waals surface area contributed by atoms with Crippen molar-refractivity contribution in [1.29, 1.82) is 10.5 Å². The third kappa shape index (κ3) is 3.79. The standard InChI is InChI=1S/C20H17FN4O3/c21-17-6-16-15-2-1-11(7-22)3-13(15)10-28-19(16)5-12(17)4-14(8-23)25-20(27)18(26)9-24/h1-3,5-6,14,18,26H,4,9-10,24H2,(H,25,27)/t14?,18-/m0/s1. The molecule has 1 aliphatic rings. The van der Waals surface area contributed by atoms with E-state index in [0.29, 0.717) is 16.9 Å². The average molecular weight is 380 g/mol. The molecule has 142 valence electrons. The molecule has 1 unspecified atom stereocenters. The number of benzene rings is 2. The van der Waals surface area contributed by atoms with Crippen LogP contribution in [0.2, 0.25) is 0 Å². The molecule has 2 aromatic carbocycles. The summed E-state index contributed by atoms with van der Waals surface area (Å²) in [5.41, 5.74) is 8.03. The average Bonchev–Trinajstić information content (AvgIpc) is 2.72. The second kappa shape index (κ2) is 8.05. The molecular formula is C20H17FN4O3. The van der Waals surface area contributed by atoms with Gasteiger partial charge in [0.1, 0.15) is 30.3 Å². The number of rotatable bonds is 5. The number of amides is 1. The summed E-state index contributed by atoms with van der Waals surface area (Å²) < 4.78 is 20.4. The van der Waals surface area contributed by atoms with Crippen molar-refractivity contribution in [2.75, 3.05) is 6.54 Å². The minimum Gasteiger partial charge on any atom is -0.488 e. The molecule has 0 bridgehead atoms.